The monoisotopic (exact) mass is 755 g/mol. The van der Waals surface area contributed by atoms with Gasteiger partial charge in [-0.15, -0.1) is 0 Å². The van der Waals surface area contributed by atoms with Gasteiger partial charge in [0.1, 0.15) is 54.4 Å². The van der Waals surface area contributed by atoms with Crippen molar-refractivity contribution >= 4 is 5.69 Å². The van der Waals surface area contributed by atoms with Crippen molar-refractivity contribution in [2.24, 2.45) is 0 Å². The molecule has 1 aliphatic heterocycles. The van der Waals surface area contributed by atoms with Crippen molar-refractivity contribution in [1.29, 1.82) is 0 Å². The number of aliphatic hydroxyl groups excluding tert-OH is 10. The van der Waals surface area contributed by atoms with E-state index in [0.717, 1.165) is 50.1 Å². The summed E-state index contributed by atoms with van der Waals surface area (Å²) >= 11 is 0. The van der Waals surface area contributed by atoms with Crippen LogP contribution in [0.25, 0.3) is 0 Å². The van der Waals surface area contributed by atoms with Gasteiger partial charge in [-0.25, -0.2) is 0 Å². The van der Waals surface area contributed by atoms with Gasteiger partial charge in [-0.05, 0) is 64.5 Å². The molecule has 2 aromatic carbocycles. The second kappa shape index (κ2) is 22.0. The second-order valence-electron chi connectivity index (χ2n) is 14.0. The summed E-state index contributed by atoms with van der Waals surface area (Å²) in [6.07, 6.45) is -11.8. The number of anilines is 1. The predicted molar refractivity (Wildman–Crippen MR) is 196 cm³/mol. The number of benzene rings is 2. The first-order chi connectivity index (χ1) is 25.2. The lowest BCUT2D eigenvalue weighted by Crippen LogP contribution is -2.51. The summed E-state index contributed by atoms with van der Waals surface area (Å²) in [6.45, 7) is 7.22. The lowest BCUT2D eigenvalue weighted by atomic mass is 10.0. The molecule has 0 aromatic heterocycles. The predicted octanol–water partition coefficient (Wildman–Crippen LogP) is -3.27. The van der Waals surface area contributed by atoms with Crippen LogP contribution < -0.4 is 16.0 Å². The molecule has 1 heterocycles. The van der Waals surface area contributed by atoms with Gasteiger partial charge in [0, 0.05) is 56.0 Å². The number of nitrogens with zero attached hydrogens (tertiary/aromatic N) is 2. The molecule has 1 saturated heterocycles. The van der Waals surface area contributed by atoms with Gasteiger partial charge in [0.2, 0.25) is 0 Å². The van der Waals surface area contributed by atoms with E-state index in [1.54, 1.807) is 12.1 Å². The third-order valence-electron chi connectivity index (χ3n) is 9.50. The van der Waals surface area contributed by atoms with Crippen molar-refractivity contribution in [3.8, 4) is 11.5 Å². The maximum absolute atomic E-state index is 11.2. The standard InChI is InChI=1S/C36H61N5O12/c1-21-11-23(15-39-36(53)35(52)34(51)29(46)20-43)30(47)24(12-21)17-41-9-4-8-40(7-3-5-37-6-10-41)18-25-13-22(2)14-26(31(25)48)38-16-27(44)32(49)33(50)28(45)19-42/h11-14,27-29,32-39,42-53H,3-10,15-20H2,1-2H3. The Labute approximate surface area is 310 Å². The summed E-state index contributed by atoms with van der Waals surface area (Å²) in [5, 5.41) is 129. The first-order valence-corrected chi connectivity index (χ1v) is 18.1. The molecule has 17 nitrogen and oxygen atoms in total. The molecule has 1 aliphatic rings. The van der Waals surface area contributed by atoms with Gasteiger partial charge in [-0.3, -0.25) is 15.1 Å². The molecule has 17 heteroatoms. The molecule has 0 amide bonds. The number of phenolic OH excluding ortho intramolecular Hbond substituents is 2. The van der Waals surface area contributed by atoms with E-state index in [1.165, 1.54) is 0 Å². The van der Waals surface area contributed by atoms with Crippen LogP contribution in [0.5, 0.6) is 11.5 Å². The average molecular weight is 756 g/mol. The number of hydrogen-bond acceptors (Lipinski definition) is 17. The van der Waals surface area contributed by atoms with Crippen LogP contribution in [0.1, 0.15) is 40.7 Å². The smallest absolute Gasteiger partial charge is 0.143 e. The van der Waals surface area contributed by atoms with Crippen molar-refractivity contribution < 1.29 is 61.3 Å². The number of phenols is 2. The van der Waals surface area contributed by atoms with Crippen molar-refractivity contribution in [3.63, 3.8) is 0 Å². The third kappa shape index (κ3) is 13.5. The Kier molecular flexibility index (Phi) is 18.5. The van der Waals surface area contributed by atoms with Crippen LogP contribution >= 0.6 is 0 Å². The number of nitrogens with one attached hydrogen (secondary N) is 3. The van der Waals surface area contributed by atoms with Crippen LogP contribution in [-0.2, 0) is 19.6 Å². The van der Waals surface area contributed by atoms with E-state index in [2.05, 4.69) is 25.8 Å². The van der Waals surface area contributed by atoms with Crippen LogP contribution in [0.4, 0.5) is 5.69 Å². The van der Waals surface area contributed by atoms with Crippen LogP contribution in [0.3, 0.4) is 0 Å². The Morgan fingerprint density at radius 3 is 1.75 bits per heavy atom. The Morgan fingerprint density at radius 2 is 1.13 bits per heavy atom. The number of aliphatic hydroxyl groups is 10. The molecule has 0 saturated carbocycles. The fourth-order valence-corrected chi connectivity index (χ4v) is 6.38. The molecule has 0 spiro atoms. The highest BCUT2D eigenvalue weighted by molar-refractivity contribution is 5.61. The van der Waals surface area contributed by atoms with E-state index in [4.69, 9.17) is 10.2 Å². The topological polar surface area (TPSA) is 285 Å². The zero-order chi connectivity index (χ0) is 39.2. The molecule has 3 rings (SSSR count). The maximum atomic E-state index is 11.2. The van der Waals surface area contributed by atoms with Crippen molar-refractivity contribution in [1.82, 2.24) is 20.4 Å². The molecule has 0 bridgehead atoms. The van der Waals surface area contributed by atoms with Gasteiger partial charge in [0.15, 0.2) is 0 Å². The largest absolute Gasteiger partial charge is 0.507 e. The van der Waals surface area contributed by atoms with Crippen molar-refractivity contribution in [3.05, 3.63) is 52.1 Å². The summed E-state index contributed by atoms with van der Waals surface area (Å²) in [5.41, 5.74) is 3.89. The zero-order valence-electron chi connectivity index (χ0n) is 30.6. The highest BCUT2D eigenvalue weighted by Crippen LogP contribution is 2.31. The fourth-order valence-electron chi connectivity index (χ4n) is 6.38. The van der Waals surface area contributed by atoms with Crippen LogP contribution in [0.15, 0.2) is 24.3 Å². The molecule has 2 aromatic rings. The Balaban J connectivity index is 1.65. The summed E-state index contributed by atoms with van der Waals surface area (Å²) in [7, 11) is 0. The molecule has 0 aliphatic carbocycles. The van der Waals surface area contributed by atoms with E-state index in [1.807, 2.05) is 26.0 Å². The van der Waals surface area contributed by atoms with Crippen molar-refractivity contribution in [2.75, 3.05) is 64.3 Å². The second-order valence-corrected chi connectivity index (χ2v) is 14.0. The summed E-state index contributed by atoms with van der Waals surface area (Å²) in [5.74, 6) is 0.0217. The van der Waals surface area contributed by atoms with E-state index in [-0.39, 0.29) is 24.6 Å². The Morgan fingerprint density at radius 1 is 0.623 bits per heavy atom. The summed E-state index contributed by atoms with van der Waals surface area (Å²) in [6, 6.07) is 7.23. The van der Waals surface area contributed by atoms with Crippen molar-refractivity contribution in [2.45, 2.75) is 95.3 Å². The molecule has 53 heavy (non-hydrogen) atoms. The highest BCUT2D eigenvalue weighted by Gasteiger charge is 2.31. The fraction of sp³-hybridized carbons (Fsp3) is 0.667. The van der Waals surface area contributed by atoms with Gasteiger partial charge in [-0.1, -0.05) is 23.8 Å². The molecular formula is C36H61N5O12. The molecule has 1 fully saturated rings. The minimum Gasteiger partial charge on any atom is -0.507 e. The normalized spacial score (nSPS) is 20.1. The zero-order valence-corrected chi connectivity index (χ0v) is 30.6. The molecule has 0 radical (unpaired) electrons. The van der Waals surface area contributed by atoms with Gasteiger partial charge < -0.3 is 71.9 Å². The van der Waals surface area contributed by atoms with Crippen LogP contribution in [0, 0.1) is 13.8 Å². The first kappa shape index (κ1) is 44.7. The number of aromatic hydroxyl groups is 2. The Hall–Kier alpha value is -2.72. The molecule has 8 unspecified atom stereocenters. The quantitative estimate of drug-likeness (QED) is 0.0525. The van der Waals surface area contributed by atoms with Gasteiger partial charge >= 0.3 is 0 Å². The Bertz CT molecular complexity index is 1290. The van der Waals surface area contributed by atoms with Crippen LogP contribution in [0.2, 0.25) is 0 Å². The maximum Gasteiger partial charge on any atom is 0.143 e. The average Bonchev–Trinajstić information content (AvgIpc) is 3.19. The number of aryl methyl sites for hydroxylation is 2. The van der Waals surface area contributed by atoms with E-state index in [9.17, 15) is 51.1 Å². The third-order valence-corrected chi connectivity index (χ3v) is 9.50. The van der Waals surface area contributed by atoms with Gasteiger partial charge in [0.05, 0.1) is 25.0 Å². The lowest BCUT2D eigenvalue weighted by Gasteiger charge is -2.27. The van der Waals surface area contributed by atoms with E-state index in [0.29, 0.717) is 48.6 Å². The minimum absolute atomic E-state index is 0.0107. The lowest BCUT2D eigenvalue weighted by molar-refractivity contribution is -0.122. The number of hydrogen-bond donors (Lipinski definition) is 15. The first-order valence-electron chi connectivity index (χ1n) is 18.1. The summed E-state index contributed by atoms with van der Waals surface area (Å²) in [4.78, 5) is 4.48. The molecule has 15 N–H and O–H groups in total. The van der Waals surface area contributed by atoms with Gasteiger partial charge in [-0.2, -0.15) is 0 Å². The molecule has 8 atom stereocenters. The van der Waals surface area contributed by atoms with E-state index >= 15 is 0 Å². The van der Waals surface area contributed by atoms with Gasteiger partial charge in [0.25, 0.3) is 0 Å². The molecular weight excluding hydrogens is 694 g/mol. The SMILES string of the molecule is Cc1cc(CNC(O)C(O)C(O)C(O)CO)c(O)c(CN2CCCN(Cc3cc(C)cc(NCC(O)C(O)C(O)C(O)CO)c3O)CCCNCC2)c1. The summed E-state index contributed by atoms with van der Waals surface area (Å²) < 4.78 is 0. The molecule has 302 valence electrons. The number of rotatable bonds is 18. The van der Waals surface area contributed by atoms with E-state index < -0.39 is 62.2 Å². The minimum atomic E-state index is -1.78. The van der Waals surface area contributed by atoms with Crippen LogP contribution in [-0.4, -0.2) is 179 Å². The highest BCUT2D eigenvalue weighted by atomic mass is 16.4.